The molecule has 0 unspecified atom stereocenters. The van der Waals surface area contributed by atoms with Gasteiger partial charge in [-0.3, -0.25) is 0 Å². The molecule has 1 saturated heterocycles. The Hall–Kier alpha value is -2.93. The van der Waals surface area contributed by atoms with E-state index in [-0.39, 0.29) is 6.04 Å². The fourth-order valence-electron chi connectivity index (χ4n) is 2.26. The van der Waals surface area contributed by atoms with Gasteiger partial charge in [-0.05, 0) is 35.7 Å². The molecule has 0 spiro atoms. The van der Waals surface area contributed by atoms with Gasteiger partial charge in [-0.25, -0.2) is 9.69 Å². The maximum atomic E-state index is 11.9. The quantitative estimate of drug-likeness (QED) is 0.798. The van der Waals surface area contributed by atoms with Crippen molar-refractivity contribution >= 4 is 6.09 Å². The van der Waals surface area contributed by atoms with Gasteiger partial charge < -0.3 is 9.47 Å². The first-order chi connectivity index (χ1) is 10.8. The third-order valence-corrected chi connectivity index (χ3v) is 3.47. The van der Waals surface area contributed by atoms with Gasteiger partial charge in [-0.15, -0.1) is 0 Å². The van der Waals surface area contributed by atoms with Crippen LogP contribution in [0.2, 0.25) is 0 Å². The number of nitrogens with zero attached hydrogens (tertiary/aromatic N) is 1. The summed E-state index contributed by atoms with van der Waals surface area (Å²) in [4.78, 5) is 13.3. The molecule has 4 nitrogen and oxygen atoms in total. The second-order valence-electron chi connectivity index (χ2n) is 4.84. The molecule has 0 radical (unpaired) electrons. The van der Waals surface area contributed by atoms with E-state index in [1.165, 1.54) is 4.90 Å². The molecule has 0 bridgehead atoms. The number of carbonyl (C=O) groups excluding carboxylic acids is 1. The first-order valence-corrected chi connectivity index (χ1v) is 6.94. The molecule has 4 heteroatoms. The second-order valence-corrected chi connectivity index (χ2v) is 4.84. The van der Waals surface area contributed by atoms with E-state index >= 15 is 0 Å². The molecule has 2 aromatic carbocycles. The summed E-state index contributed by atoms with van der Waals surface area (Å²) in [5.41, 5.74) is 1.82. The topological polar surface area (TPSA) is 38.8 Å². The molecule has 22 heavy (non-hydrogen) atoms. The first-order valence-electron chi connectivity index (χ1n) is 6.94. The van der Waals surface area contributed by atoms with E-state index in [2.05, 4.69) is 12.0 Å². The number of cyclic esters (lactones) is 1. The Bertz CT molecular complexity index is 713. The van der Waals surface area contributed by atoms with Crippen molar-refractivity contribution in [3.05, 3.63) is 65.7 Å². The fourth-order valence-corrected chi connectivity index (χ4v) is 2.26. The van der Waals surface area contributed by atoms with Crippen LogP contribution in [0.4, 0.5) is 4.79 Å². The van der Waals surface area contributed by atoms with Crippen molar-refractivity contribution in [2.75, 3.05) is 13.7 Å². The zero-order valence-corrected chi connectivity index (χ0v) is 12.2. The lowest BCUT2D eigenvalue weighted by Crippen LogP contribution is -2.22. The van der Waals surface area contributed by atoms with E-state index in [0.717, 1.165) is 16.9 Å². The van der Waals surface area contributed by atoms with Gasteiger partial charge in [0, 0.05) is 11.6 Å². The van der Waals surface area contributed by atoms with Gasteiger partial charge in [0.2, 0.25) is 0 Å². The molecular formula is C18H15NO3. The van der Waals surface area contributed by atoms with Crippen molar-refractivity contribution in [1.82, 2.24) is 4.90 Å². The molecule has 1 aliphatic rings. The standard InChI is InChI=1S/C18H15NO3/c1-21-16-9-7-14(8-10-16)11-12-19-17(13-22-18(19)20)15-5-3-2-4-6-15/h2-10,17H,13H2,1H3/t17-/m1/s1. The third-order valence-electron chi connectivity index (χ3n) is 3.47. The molecule has 1 atom stereocenters. The predicted octanol–water partition coefficient (Wildman–Crippen LogP) is 3.20. The molecule has 110 valence electrons. The largest absolute Gasteiger partial charge is 0.497 e. The normalized spacial score (nSPS) is 16.7. The van der Waals surface area contributed by atoms with Crippen LogP contribution in [0, 0.1) is 12.0 Å². The Morgan fingerprint density at radius 2 is 1.86 bits per heavy atom. The van der Waals surface area contributed by atoms with Gasteiger partial charge >= 0.3 is 6.09 Å². The van der Waals surface area contributed by atoms with Crippen LogP contribution < -0.4 is 4.74 Å². The first kappa shape index (κ1) is 14.0. The van der Waals surface area contributed by atoms with Crippen LogP contribution >= 0.6 is 0 Å². The van der Waals surface area contributed by atoms with E-state index < -0.39 is 6.09 Å². The zero-order chi connectivity index (χ0) is 15.4. The fraction of sp³-hybridized carbons (Fsp3) is 0.167. The highest BCUT2D eigenvalue weighted by molar-refractivity contribution is 5.73. The van der Waals surface area contributed by atoms with Gasteiger partial charge in [0.15, 0.2) is 0 Å². The minimum Gasteiger partial charge on any atom is -0.497 e. The monoisotopic (exact) mass is 293 g/mol. The Balaban J connectivity index is 1.83. The third kappa shape index (κ3) is 2.89. The number of rotatable bonds is 2. The lowest BCUT2D eigenvalue weighted by Gasteiger charge is -2.14. The van der Waals surface area contributed by atoms with Crippen molar-refractivity contribution < 1.29 is 14.3 Å². The van der Waals surface area contributed by atoms with Crippen LogP contribution in [0.5, 0.6) is 5.75 Å². The van der Waals surface area contributed by atoms with Crippen molar-refractivity contribution in [3.63, 3.8) is 0 Å². The molecule has 0 N–H and O–H groups in total. The van der Waals surface area contributed by atoms with Crippen molar-refractivity contribution in [2.45, 2.75) is 6.04 Å². The van der Waals surface area contributed by atoms with Crippen LogP contribution in [0.1, 0.15) is 17.2 Å². The minimum absolute atomic E-state index is 0.167. The summed E-state index contributed by atoms with van der Waals surface area (Å²) in [7, 11) is 1.62. The van der Waals surface area contributed by atoms with Crippen molar-refractivity contribution in [1.29, 1.82) is 0 Å². The Labute approximate surface area is 129 Å². The van der Waals surface area contributed by atoms with Gasteiger partial charge in [-0.1, -0.05) is 30.3 Å². The number of ether oxygens (including phenoxy) is 2. The van der Waals surface area contributed by atoms with E-state index in [4.69, 9.17) is 9.47 Å². The highest BCUT2D eigenvalue weighted by atomic mass is 16.6. The highest BCUT2D eigenvalue weighted by Crippen LogP contribution is 2.26. The maximum absolute atomic E-state index is 11.9. The van der Waals surface area contributed by atoms with Gasteiger partial charge in [0.05, 0.1) is 7.11 Å². The minimum atomic E-state index is -0.408. The molecule has 1 heterocycles. The summed E-state index contributed by atoms with van der Waals surface area (Å²) in [6, 6.07) is 19.9. The van der Waals surface area contributed by atoms with E-state index in [1.807, 2.05) is 54.6 Å². The van der Waals surface area contributed by atoms with E-state index in [1.54, 1.807) is 7.11 Å². The summed E-state index contributed by atoms with van der Waals surface area (Å²) >= 11 is 0. The number of amides is 1. The van der Waals surface area contributed by atoms with Gasteiger partial charge in [0.1, 0.15) is 18.4 Å². The van der Waals surface area contributed by atoms with Crippen molar-refractivity contribution in [3.8, 4) is 17.7 Å². The number of carbonyl (C=O) groups is 1. The second kappa shape index (κ2) is 6.23. The van der Waals surface area contributed by atoms with E-state index in [9.17, 15) is 4.79 Å². The smallest absolute Gasteiger partial charge is 0.422 e. The molecule has 1 aliphatic heterocycles. The lowest BCUT2D eigenvalue weighted by molar-refractivity contribution is 0.167. The molecule has 2 aromatic rings. The molecule has 1 amide bonds. The number of methoxy groups -OCH3 is 1. The van der Waals surface area contributed by atoms with Crippen LogP contribution in [0.25, 0.3) is 0 Å². The highest BCUT2D eigenvalue weighted by Gasteiger charge is 2.33. The van der Waals surface area contributed by atoms with Crippen LogP contribution in [0.15, 0.2) is 54.6 Å². The number of hydrogen-bond donors (Lipinski definition) is 0. The number of hydrogen-bond acceptors (Lipinski definition) is 3. The van der Waals surface area contributed by atoms with Crippen LogP contribution in [-0.2, 0) is 4.74 Å². The summed E-state index contributed by atoms with van der Waals surface area (Å²) in [6.07, 6.45) is -0.408. The molecule has 0 aromatic heterocycles. The van der Waals surface area contributed by atoms with Crippen LogP contribution in [0.3, 0.4) is 0 Å². The maximum Gasteiger partial charge on any atom is 0.422 e. The average Bonchev–Trinajstić information content (AvgIpc) is 2.95. The van der Waals surface area contributed by atoms with Crippen molar-refractivity contribution in [2.24, 2.45) is 0 Å². The summed E-state index contributed by atoms with van der Waals surface area (Å²) in [5.74, 6) is 3.76. The Kier molecular flexibility index (Phi) is 3.97. The Morgan fingerprint density at radius 3 is 2.55 bits per heavy atom. The van der Waals surface area contributed by atoms with Gasteiger partial charge in [0.25, 0.3) is 0 Å². The molecule has 1 fully saturated rings. The summed E-state index contributed by atoms with van der Waals surface area (Å²) in [5, 5.41) is 0. The number of benzene rings is 2. The SMILES string of the molecule is COc1ccc(C#CN2C(=O)OC[C@@H]2c2ccccc2)cc1. The zero-order valence-electron chi connectivity index (χ0n) is 12.2. The lowest BCUT2D eigenvalue weighted by atomic mass is 10.1. The van der Waals surface area contributed by atoms with Gasteiger partial charge in [-0.2, -0.15) is 0 Å². The average molecular weight is 293 g/mol. The Morgan fingerprint density at radius 1 is 1.14 bits per heavy atom. The summed E-state index contributed by atoms with van der Waals surface area (Å²) in [6.45, 7) is 0.320. The predicted molar refractivity (Wildman–Crippen MR) is 82.2 cm³/mol. The molecular weight excluding hydrogens is 278 g/mol. The molecule has 0 saturated carbocycles. The molecule has 3 rings (SSSR count). The van der Waals surface area contributed by atoms with E-state index in [0.29, 0.717) is 6.61 Å². The van der Waals surface area contributed by atoms with Crippen LogP contribution in [-0.4, -0.2) is 24.7 Å². The molecule has 0 aliphatic carbocycles. The summed E-state index contributed by atoms with van der Waals surface area (Å²) < 4.78 is 10.2.